The van der Waals surface area contributed by atoms with E-state index in [1.165, 1.54) is 33.7 Å². The molecule has 136 valence electrons. The van der Waals surface area contributed by atoms with E-state index in [9.17, 15) is 4.79 Å². The number of unbranched alkanes of at least 4 members (excludes halogenated alkanes) is 1. The van der Waals surface area contributed by atoms with Crippen LogP contribution in [0.3, 0.4) is 0 Å². The molecule has 0 aliphatic carbocycles. The molecule has 25 heavy (non-hydrogen) atoms. The molecule has 0 atom stereocenters. The monoisotopic (exact) mass is 358 g/mol. The Morgan fingerprint density at radius 3 is 2.20 bits per heavy atom. The smallest absolute Gasteiger partial charge is 0.303 e. The average molecular weight is 359 g/mol. The topological polar surface area (TPSA) is 37.3 Å². The fourth-order valence-corrected chi connectivity index (χ4v) is 4.09. The summed E-state index contributed by atoms with van der Waals surface area (Å²) in [5, 5.41) is 8.97. The zero-order valence-electron chi connectivity index (χ0n) is 15.7. The highest BCUT2D eigenvalue weighted by atomic mass is 32.1. The van der Waals surface area contributed by atoms with Crippen molar-refractivity contribution in [2.75, 3.05) is 0 Å². The van der Waals surface area contributed by atoms with Crippen molar-refractivity contribution in [3.63, 3.8) is 0 Å². The maximum Gasteiger partial charge on any atom is 0.303 e. The number of aryl methyl sites for hydroxylation is 4. The van der Waals surface area contributed by atoms with Gasteiger partial charge in [0.25, 0.3) is 0 Å². The van der Waals surface area contributed by atoms with Gasteiger partial charge in [-0.15, -0.1) is 11.3 Å². The normalized spacial score (nSPS) is 11.6. The summed E-state index contributed by atoms with van der Waals surface area (Å²) in [7, 11) is 0. The predicted octanol–water partition coefficient (Wildman–Crippen LogP) is 6.06. The summed E-state index contributed by atoms with van der Waals surface area (Å²) in [4.78, 5) is 13.7. The number of carbonyl (C=O) groups is 1. The first-order chi connectivity index (χ1) is 11.8. The molecule has 2 rings (SSSR count). The molecule has 1 aromatic heterocycles. The summed E-state index contributed by atoms with van der Waals surface area (Å²) >= 11 is 1.89. The highest BCUT2D eigenvalue weighted by Gasteiger charge is 2.21. The van der Waals surface area contributed by atoms with Crippen molar-refractivity contribution in [3.05, 3.63) is 57.3 Å². The molecule has 0 saturated carbocycles. The lowest BCUT2D eigenvalue weighted by Crippen LogP contribution is -2.17. The van der Waals surface area contributed by atoms with Crippen molar-refractivity contribution >= 4 is 17.3 Å². The molecule has 0 fully saturated rings. The van der Waals surface area contributed by atoms with Crippen LogP contribution in [0.5, 0.6) is 0 Å². The van der Waals surface area contributed by atoms with Crippen molar-refractivity contribution in [3.8, 4) is 0 Å². The van der Waals surface area contributed by atoms with Crippen LogP contribution in [0.2, 0.25) is 0 Å². The van der Waals surface area contributed by atoms with Gasteiger partial charge in [-0.3, -0.25) is 4.79 Å². The summed E-state index contributed by atoms with van der Waals surface area (Å²) in [5.41, 5.74) is 2.61. The van der Waals surface area contributed by atoms with Crippen molar-refractivity contribution in [2.24, 2.45) is 5.41 Å². The Balaban J connectivity index is 1.70. The van der Waals surface area contributed by atoms with E-state index in [4.69, 9.17) is 5.11 Å². The number of rotatable bonds is 10. The zero-order valence-corrected chi connectivity index (χ0v) is 16.5. The van der Waals surface area contributed by atoms with Crippen LogP contribution in [0, 0.1) is 12.3 Å². The van der Waals surface area contributed by atoms with Crippen LogP contribution in [-0.2, 0) is 24.1 Å². The lowest BCUT2D eigenvalue weighted by Gasteiger charge is -2.21. The minimum absolute atomic E-state index is 0.135. The summed E-state index contributed by atoms with van der Waals surface area (Å²) < 4.78 is 0. The predicted molar refractivity (Wildman–Crippen MR) is 106 cm³/mol. The second-order valence-corrected chi connectivity index (χ2v) is 9.05. The first kappa shape index (κ1) is 19.7. The van der Waals surface area contributed by atoms with E-state index in [1.807, 2.05) is 25.2 Å². The molecule has 1 aromatic carbocycles. The number of hydrogen-bond acceptors (Lipinski definition) is 2. The average Bonchev–Trinajstić information content (AvgIpc) is 2.98. The van der Waals surface area contributed by atoms with E-state index in [1.54, 1.807) is 0 Å². The molecular formula is C22H30O2S. The second-order valence-electron chi connectivity index (χ2n) is 7.80. The fourth-order valence-electron chi connectivity index (χ4n) is 3.03. The number of aliphatic carboxylic acids is 1. The van der Waals surface area contributed by atoms with Gasteiger partial charge < -0.3 is 5.11 Å². The molecule has 1 N–H and O–H groups in total. The Morgan fingerprint density at radius 2 is 1.56 bits per heavy atom. The lowest BCUT2D eigenvalue weighted by atomic mass is 9.84. The fraction of sp³-hybridized carbons (Fsp3) is 0.500. The van der Waals surface area contributed by atoms with Crippen molar-refractivity contribution in [2.45, 2.75) is 65.7 Å². The van der Waals surface area contributed by atoms with Crippen molar-refractivity contribution in [1.82, 2.24) is 0 Å². The Hall–Kier alpha value is -1.61. The van der Waals surface area contributed by atoms with Crippen LogP contribution in [-0.4, -0.2) is 11.1 Å². The maximum absolute atomic E-state index is 10.9. The molecule has 0 aliphatic rings. The molecular weight excluding hydrogens is 328 g/mol. The Bertz CT molecular complexity index is 668. The van der Waals surface area contributed by atoms with Gasteiger partial charge in [-0.25, -0.2) is 0 Å². The van der Waals surface area contributed by atoms with E-state index in [0.29, 0.717) is 0 Å². The molecule has 0 radical (unpaired) electrons. The Labute approximate surface area is 155 Å². The largest absolute Gasteiger partial charge is 0.481 e. The maximum atomic E-state index is 10.9. The van der Waals surface area contributed by atoms with E-state index in [-0.39, 0.29) is 11.8 Å². The van der Waals surface area contributed by atoms with Gasteiger partial charge >= 0.3 is 5.97 Å². The van der Waals surface area contributed by atoms with Gasteiger partial charge in [0.1, 0.15) is 0 Å². The first-order valence-corrected chi connectivity index (χ1v) is 10.0. The van der Waals surface area contributed by atoms with Crippen LogP contribution in [0.4, 0.5) is 0 Å². The molecule has 2 nitrogen and oxygen atoms in total. The van der Waals surface area contributed by atoms with Crippen LogP contribution >= 0.6 is 11.3 Å². The summed E-state index contributed by atoms with van der Waals surface area (Å²) in [6.07, 6.45) is 6.89. The van der Waals surface area contributed by atoms with Crippen molar-refractivity contribution in [1.29, 1.82) is 0 Å². The van der Waals surface area contributed by atoms with E-state index >= 15 is 0 Å². The number of carboxylic acid groups (broad SMARTS) is 1. The van der Waals surface area contributed by atoms with Gasteiger partial charge in [0, 0.05) is 9.75 Å². The molecule has 1 heterocycles. The summed E-state index contributed by atoms with van der Waals surface area (Å²) in [5.74, 6) is -0.703. The molecule has 0 saturated heterocycles. The minimum atomic E-state index is -0.703. The molecule has 0 amide bonds. The van der Waals surface area contributed by atoms with Gasteiger partial charge in [0.15, 0.2) is 0 Å². The quantitative estimate of drug-likeness (QED) is 0.524. The third-order valence-electron chi connectivity index (χ3n) is 4.65. The van der Waals surface area contributed by atoms with E-state index in [2.05, 4.69) is 43.3 Å². The lowest BCUT2D eigenvalue weighted by molar-refractivity contribution is -0.139. The number of hydrogen-bond donors (Lipinski definition) is 1. The number of thiophene rings is 1. The molecule has 3 heteroatoms. The van der Waals surface area contributed by atoms with Gasteiger partial charge in [-0.2, -0.15) is 0 Å². The summed E-state index contributed by atoms with van der Waals surface area (Å²) in [6, 6.07) is 13.3. The van der Waals surface area contributed by atoms with Crippen LogP contribution < -0.4 is 0 Å². The number of benzene rings is 1. The van der Waals surface area contributed by atoms with Crippen molar-refractivity contribution < 1.29 is 9.90 Å². The highest BCUT2D eigenvalue weighted by molar-refractivity contribution is 7.11. The SMILES string of the molecule is Cc1ccc(CCCCc2ccc(CCC(C)(C)CC(=O)O)s2)cc1. The minimum Gasteiger partial charge on any atom is -0.481 e. The highest BCUT2D eigenvalue weighted by Crippen LogP contribution is 2.29. The van der Waals surface area contributed by atoms with Gasteiger partial charge in [-0.05, 0) is 68.6 Å². The molecule has 0 aliphatic heterocycles. The van der Waals surface area contributed by atoms with Gasteiger partial charge in [0.2, 0.25) is 0 Å². The Kier molecular flexibility index (Phi) is 7.24. The third kappa shape index (κ3) is 7.43. The third-order valence-corrected chi connectivity index (χ3v) is 5.86. The zero-order chi connectivity index (χ0) is 18.3. The standard InChI is InChI=1S/C22H30O2S/c1-17-8-10-18(11-9-17)6-4-5-7-19-12-13-20(25-19)14-15-22(2,3)16-21(23)24/h8-13H,4-7,14-16H2,1-3H3,(H,23,24). The molecule has 0 bridgehead atoms. The van der Waals surface area contributed by atoms with Crippen LogP contribution in [0.1, 0.15) is 60.4 Å². The number of carboxylic acids is 1. The van der Waals surface area contributed by atoms with Gasteiger partial charge in [0.05, 0.1) is 6.42 Å². The van der Waals surface area contributed by atoms with Crippen LogP contribution in [0.15, 0.2) is 36.4 Å². The Morgan fingerprint density at radius 1 is 0.960 bits per heavy atom. The first-order valence-electron chi connectivity index (χ1n) is 9.19. The molecule has 0 spiro atoms. The molecule has 2 aromatic rings. The van der Waals surface area contributed by atoms with E-state index in [0.717, 1.165) is 25.7 Å². The van der Waals surface area contributed by atoms with E-state index < -0.39 is 5.97 Å². The van der Waals surface area contributed by atoms with Gasteiger partial charge in [-0.1, -0.05) is 43.7 Å². The second kappa shape index (κ2) is 9.19. The molecule has 0 unspecified atom stereocenters. The summed E-state index contributed by atoms with van der Waals surface area (Å²) in [6.45, 7) is 6.21. The van der Waals surface area contributed by atoms with Crippen LogP contribution in [0.25, 0.3) is 0 Å².